The normalized spacial score (nSPS) is 30.1. The smallest absolute Gasteiger partial charge is 0.309 e. The number of esters is 1. The molecule has 0 spiro atoms. The number of hydrogen-bond acceptors (Lipinski definition) is 4. The third-order valence-electron chi connectivity index (χ3n) is 4.61. The fourth-order valence-electron chi connectivity index (χ4n) is 2.82. The molecule has 4 heteroatoms. The minimum absolute atomic E-state index is 0.0477. The van der Waals surface area contributed by atoms with Crippen LogP contribution in [0.25, 0.3) is 0 Å². The van der Waals surface area contributed by atoms with E-state index < -0.39 is 0 Å². The summed E-state index contributed by atoms with van der Waals surface area (Å²) in [6.07, 6.45) is 2.71. The molecule has 0 bridgehead atoms. The van der Waals surface area contributed by atoms with Gasteiger partial charge in [-0.1, -0.05) is 27.7 Å². The zero-order valence-corrected chi connectivity index (χ0v) is 12.8. The summed E-state index contributed by atoms with van der Waals surface area (Å²) in [7, 11) is 0. The van der Waals surface area contributed by atoms with Crippen LogP contribution in [0.1, 0.15) is 47.0 Å². The van der Waals surface area contributed by atoms with Crippen molar-refractivity contribution in [2.45, 2.75) is 53.0 Å². The van der Waals surface area contributed by atoms with E-state index >= 15 is 0 Å². The first-order valence-electron chi connectivity index (χ1n) is 7.41. The molecule has 0 aromatic rings. The lowest BCUT2D eigenvalue weighted by Crippen LogP contribution is -2.49. The van der Waals surface area contributed by atoms with Crippen LogP contribution in [0.4, 0.5) is 0 Å². The van der Waals surface area contributed by atoms with Crippen LogP contribution in [0.2, 0.25) is 0 Å². The summed E-state index contributed by atoms with van der Waals surface area (Å²) in [5.74, 6) is 0.187. The quantitative estimate of drug-likeness (QED) is 0.595. The van der Waals surface area contributed by atoms with Crippen molar-refractivity contribution in [1.82, 2.24) is 0 Å². The lowest BCUT2D eigenvalue weighted by molar-refractivity contribution is -0.158. The van der Waals surface area contributed by atoms with Gasteiger partial charge in [-0.15, -0.1) is 0 Å². The molecule has 0 amide bonds. The Bertz CT molecular complexity index is 291. The highest BCUT2D eigenvalue weighted by Crippen LogP contribution is 2.44. The van der Waals surface area contributed by atoms with E-state index in [1.54, 1.807) is 0 Å². The van der Waals surface area contributed by atoms with Gasteiger partial charge in [0.15, 0.2) is 0 Å². The van der Waals surface area contributed by atoms with Crippen LogP contribution in [0.15, 0.2) is 0 Å². The van der Waals surface area contributed by atoms with Crippen molar-refractivity contribution < 1.29 is 14.3 Å². The second kappa shape index (κ2) is 7.25. The first-order chi connectivity index (χ1) is 8.91. The predicted molar refractivity (Wildman–Crippen MR) is 75.7 cm³/mol. The van der Waals surface area contributed by atoms with Gasteiger partial charge >= 0.3 is 5.97 Å². The standard InChI is InChI=1S/C15H29NO3/c1-5-8-18-9-10-19-14(17)12-6-7-13(16)11(2)15(12,3)4/h11-13H,5-10,16H2,1-4H3. The van der Waals surface area contributed by atoms with Crippen molar-refractivity contribution >= 4 is 5.97 Å². The van der Waals surface area contributed by atoms with Crippen molar-refractivity contribution in [3.8, 4) is 0 Å². The van der Waals surface area contributed by atoms with E-state index in [0.29, 0.717) is 19.1 Å². The van der Waals surface area contributed by atoms with Gasteiger partial charge in [-0.05, 0) is 30.6 Å². The van der Waals surface area contributed by atoms with E-state index in [-0.39, 0.29) is 23.3 Å². The van der Waals surface area contributed by atoms with Crippen molar-refractivity contribution in [3.05, 3.63) is 0 Å². The highest BCUT2D eigenvalue weighted by Gasteiger charge is 2.45. The Hall–Kier alpha value is -0.610. The third-order valence-corrected chi connectivity index (χ3v) is 4.61. The summed E-state index contributed by atoms with van der Waals surface area (Å²) < 4.78 is 10.7. The van der Waals surface area contributed by atoms with Crippen LogP contribution in [0.3, 0.4) is 0 Å². The number of hydrogen-bond donors (Lipinski definition) is 1. The zero-order chi connectivity index (χ0) is 14.5. The molecular weight excluding hydrogens is 242 g/mol. The summed E-state index contributed by atoms with van der Waals surface area (Å²) >= 11 is 0. The summed E-state index contributed by atoms with van der Waals surface area (Å²) in [6.45, 7) is 9.99. The monoisotopic (exact) mass is 271 g/mol. The molecule has 112 valence electrons. The maximum absolute atomic E-state index is 12.2. The minimum atomic E-state index is -0.0982. The predicted octanol–water partition coefficient (Wildman–Crippen LogP) is 2.36. The first-order valence-corrected chi connectivity index (χ1v) is 7.41. The molecule has 1 aliphatic rings. The van der Waals surface area contributed by atoms with Crippen molar-refractivity contribution in [2.24, 2.45) is 23.0 Å². The van der Waals surface area contributed by atoms with E-state index in [0.717, 1.165) is 25.9 Å². The third kappa shape index (κ3) is 4.18. The Labute approximate surface area is 117 Å². The van der Waals surface area contributed by atoms with E-state index in [9.17, 15) is 4.79 Å². The molecular formula is C15H29NO3. The molecule has 0 aromatic carbocycles. The van der Waals surface area contributed by atoms with Gasteiger partial charge in [0.1, 0.15) is 6.61 Å². The van der Waals surface area contributed by atoms with E-state index in [1.807, 2.05) is 0 Å². The van der Waals surface area contributed by atoms with Gasteiger partial charge in [-0.25, -0.2) is 0 Å². The Kier molecular flexibility index (Phi) is 6.27. The zero-order valence-electron chi connectivity index (χ0n) is 12.8. The molecule has 0 radical (unpaired) electrons. The molecule has 3 unspecified atom stereocenters. The molecule has 0 saturated heterocycles. The maximum atomic E-state index is 12.2. The maximum Gasteiger partial charge on any atom is 0.309 e. The van der Waals surface area contributed by atoms with Crippen molar-refractivity contribution in [1.29, 1.82) is 0 Å². The van der Waals surface area contributed by atoms with Gasteiger partial charge in [0.05, 0.1) is 12.5 Å². The van der Waals surface area contributed by atoms with Crippen LogP contribution < -0.4 is 5.73 Å². The van der Waals surface area contributed by atoms with Crippen LogP contribution in [0.5, 0.6) is 0 Å². The van der Waals surface area contributed by atoms with E-state index in [2.05, 4.69) is 27.7 Å². The van der Waals surface area contributed by atoms with Gasteiger partial charge in [0.2, 0.25) is 0 Å². The van der Waals surface area contributed by atoms with E-state index in [1.165, 1.54) is 0 Å². The molecule has 0 aromatic heterocycles. The summed E-state index contributed by atoms with van der Waals surface area (Å²) in [5.41, 5.74) is 6.00. The van der Waals surface area contributed by atoms with Gasteiger partial charge < -0.3 is 15.2 Å². The van der Waals surface area contributed by atoms with Gasteiger partial charge in [0, 0.05) is 12.6 Å². The second-order valence-corrected chi connectivity index (χ2v) is 6.18. The average molecular weight is 271 g/mol. The number of carbonyl (C=O) groups excluding carboxylic acids is 1. The first kappa shape index (κ1) is 16.4. The molecule has 0 heterocycles. The number of nitrogens with two attached hydrogens (primary N) is 1. The lowest BCUT2D eigenvalue weighted by atomic mass is 9.61. The second-order valence-electron chi connectivity index (χ2n) is 6.18. The molecule has 1 saturated carbocycles. The van der Waals surface area contributed by atoms with Crippen molar-refractivity contribution in [3.63, 3.8) is 0 Å². The number of carbonyl (C=O) groups is 1. The van der Waals surface area contributed by atoms with Crippen LogP contribution in [0, 0.1) is 17.3 Å². The molecule has 4 nitrogen and oxygen atoms in total. The molecule has 1 rings (SSSR count). The molecule has 1 fully saturated rings. The highest BCUT2D eigenvalue weighted by molar-refractivity contribution is 5.73. The van der Waals surface area contributed by atoms with Crippen molar-refractivity contribution in [2.75, 3.05) is 19.8 Å². The summed E-state index contributed by atoms with van der Waals surface area (Å²) in [5, 5.41) is 0. The SMILES string of the molecule is CCCOCCOC(=O)C1CCC(N)C(C)C1(C)C. The molecule has 1 aliphatic carbocycles. The Morgan fingerprint density at radius 3 is 2.58 bits per heavy atom. The topological polar surface area (TPSA) is 61.5 Å². The van der Waals surface area contributed by atoms with Gasteiger partial charge in [-0.2, -0.15) is 0 Å². The number of rotatable bonds is 6. The van der Waals surface area contributed by atoms with Gasteiger partial charge in [0.25, 0.3) is 0 Å². The highest BCUT2D eigenvalue weighted by atomic mass is 16.6. The number of ether oxygens (including phenoxy) is 2. The minimum Gasteiger partial charge on any atom is -0.463 e. The fourth-order valence-corrected chi connectivity index (χ4v) is 2.82. The molecule has 2 N–H and O–H groups in total. The summed E-state index contributed by atoms with van der Waals surface area (Å²) in [4.78, 5) is 12.2. The molecule has 19 heavy (non-hydrogen) atoms. The molecule has 3 atom stereocenters. The van der Waals surface area contributed by atoms with E-state index in [4.69, 9.17) is 15.2 Å². The average Bonchev–Trinajstić information content (AvgIpc) is 2.35. The summed E-state index contributed by atoms with van der Waals surface area (Å²) in [6, 6.07) is 0.187. The Morgan fingerprint density at radius 2 is 1.95 bits per heavy atom. The Morgan fingerprint density at radius 1 is 1.26 bits per heavy atom. The van der Waals surface area contributed by atoms with Crippen LogP contribution >= 0.6 is 0 Å². The van der Waals surface area contributed by atoms with Gasteiger partial charge in [-0.3, -0.25) is 4.79 Å². The lowest BCUT2D eigenvalue weighted by Gasteiger charge is -2.45. The Balaban J connectivity index is 2.43. The van der Waals surface area contributed by atoms with Crippen LogP contribution in [-0.2, 0) is 14.3 Å². The fraction of sp³-hybridized carbons (Fsp3) is 0.933. The molecule has 0 aliphatic heterocycles. The largest absolute Gasteiger partial charge is 0.463 e. The van der Waals surface area contributed by atoms with Crippen LogP contribution in [-0.4, -0.2) is 31.8 Å².